The highest BCUT2D eigenvalue weighted by Gasteiger charge is 2.23. The van der Waals surface area contributed by atoms with Gasteiger partial charge in [0.05, 0.1) is 11.1 Å². The van der Waals surface area contributed by atoms with Crippen molar-refractivity contribution in [2.45, 2.75) is 31.3 Å². The van der Waals surface area contributed by atoms with Gasteiger partial charge in [0.25, 0.3) is 5.56 Å². The van der Waals surface area contributed by atoms with Crippen LogP contribution in [-0.2, 0) is 17.6 Å². The Morgan fingerprint density at radius 3 is 2.83 bits per heavy atom. The van der Waals surface area contributed by atoms with Gasteiger partial charge in [0.15, 0.2) is 5.16 Å². The molecule has 29 heavy (non-hydrogen) atoms. The highest BCUT2D eigenvalue weighted by Crippen LogP contribution is 2.36. The van der Waals surface area contributed by atoms with Gasteiger partial charge in [-0.05, 0) is 55.0 Å². The summed E-state index contributed by atoms with van der Waals surface area (Å²) < 4.78 is 0. The van der Waals surface area contributed by atoms with Gasteiger partial charge in [-0.25, -0.2) is 4.98 Å². The van der Waals surface area contributed by atoms with Crippen LogP contribution >= 0.6 is 23.1 Å². The first-order valence-electron chi connectivity index (χ1n) is 9.65. The minimum absolute atomic E-state index is 0.0933. The summed E-state index contributed by atoms with van der Waals surface area (Å²) in [6.45, 7) is 2.25. The molecule has 4 rings (SSSR count). The lowest BCUT2D eigenvalue weighted by molar-refractivity contribution is -0.113. The maximum absolute atomic E-state index is 12.6. The fourth-order valence-corrected chi connectivity index (χ4v) is 5.67. The zero-order valence-corrected chi connectivity index (χ0v) is 18.4. The van der Waals surface area contributed by atoms with Crippen LogP contribution in [0.5, 0.6) is 0 Å². The monoisotopic (exact) mass is 428 g/mol. The number of rotatable bonds is 5. The van der Waals surface area contributed by atoms with E-state index in [1.807, 2.05) is 43.3 Å². The fraction of sp³-hybridized carbons (Fsp3) is 0.381. The Morgan fingerprint density at radius 1 is 1.34 bits per heavy atom. The molecule has 0 aliphatic heterocycles. The van der Waals surface area contributed by atoms with Crippen molar-refractivity contribution in [3.05, 3.63) is 45.1 Å². The Bertz CT molecular complexity index is 1100. The van der Waals surface area contributed by atoms with Gasteiger partial charge in [0, 0.05) is 30.3 Å². The molecule has 3 aromatic rings. The van der Waals surface area contributed by atoms with E-state index in [0.717, 1.165) is 40.9 Å². The summed E-state index contributed by atoms with van der Waals surface area (Å²) in [7, 11) is 3.94. The van der Waals surface area contributed by atoms with Crippen molar-refractivity contribution < 1.29 is 4.79 Å². The molecule has 2 heterocycles. The fourth-order valence-electron chi connectivity index (χ4n) is 3.57. The molecular formula is C21H24N4O2S2. The third-order valence-electron chi connectivity index (χ3n) is 5.15. The molecule has 1 aliphatic rings. The molecule has 8 heteroatoms. The number of amides is 1. The van der Waals surface area contributed by atoms with Crippen LogP contribution in [0.25, 0.3) is 10.2 Å². The van der Waals surface area contributed by atoms with Gasteiger partial charge in [-0.3, -0.25) is 9.59 Å². The van der Waals surface area contributed by atoms with Crippen LogP contribution in [0.4, 0.5) is 11.4 Å². The molecule has 0 saturated heterocycles. The lowest BCUT2D eigenvalue weighted by atomic mass is 9.89. The van der Waals surface area contributed by atoms with Crippen LogP contribution in [-0.4, -0.2) is 35.7 Å². The molecular weight excluding hydrogens is 404 g/mol. The highest BCUT2D eigenvalue weighted by atomic mass is 32.2. The summed E-state index contributed by atoms with van der Waals surface area (Å²) in [5.74, 6) is 0.708. The van der Waals surface area contributed by atoms with Crippen molar-refractivity contribution in [3.63, 3.8) is 0 Å². The Morgan fingerprint density at radius 2 is 2.10 bits per heavy atom. The number of hydrogen-bond acceptors (Lipinski definition) is 6. The summed E-state index contributed by atoms with van der Waals surface area (Å²) in [6.07, 6.45) is 3.08. The lowest BCUT2D eigenvalue weighted by Crippen LogP contribution is -2.16. The minimum Gasteiger partial charge on any atom is -0.378 e. The number of thiophene rings is 1. The number of hydrogen-bond donors (Lipinski definition) is 2. The second-order valence-corrected chi connectivity index (χ2v) is 9.73. The van der Waals surface area contributed by atoms with Crippen LogP contribution in [0, 0.1) is 5.92 Å². The van der Waals surface area contributed by atoms with Crippen LogP contribution in [0.3, 0.4) is 0 Å². The van der Waals surface area contributed by atoms with Crippen molar-refractivity contribution >= 4 is 50.6 Å². The number of benzene rings is 1. The largest absolute Gasteiger partial charge is 0.378 e. The molecule has 6 nitrogen and oxygen atoms in total. The van der Waals surface area contributed by atoms with E-state index in [1.54, 1.807) is 11.3 Å². The Hall–Kier alpha value is -2.32. The molecule has 0 fully saturated rings. The van der Waals surface area contributed by atoms with E-state index in [9.17, 15) is 9.59 Å². The van der Waals surface area contributed by atoms with E-state index in [4.69, 9.17) is 0 Å². The molecule has 0 bridgehead atoms. The van der Waals surface area contributed by atoms with E-state index in [-0.39, 0.29) is 17.2 Å². The average molecular weight is 429 g/mol. The van der Waals surface area contributed by atoms with E-state index in [0.29, 0.717) is 11.1 Å². The predicted molar refractivity (Wildman–Crippen MR) is 122 cm³/mol. The summed E-state index contributed by atoms with van der Waals surface area (Å²) >= 11 is 2.87. The molecule has 1 atom stereocenters. The van der Waals surface area contributed by atoms with Gasteiger partial charge in [-0.2, -0.15) is 0 Å². The molecule has 1 amide bonds. The highest BCUT2D eigenvalue weighted by molar-refractivity contribution is 7.99. The molecule has 1 aliphatic carbocycles. The molecule has 152 valence electrons. The van der Waals surface area contributed by atoms with E-state index >= 15 is 0 Å². The van der Waals surface area contributed by atoms with E-state index < -0.39 is 0 Å². The third kappa shape index (κ3) is 4.33. The Labute approximate surface area is 177 Å². The van der Waals surface area contributed by atoms with Gasteiger partial charge in [0.2, 0.25) is 5.91 Å². The molecule has 2 aromatic heterocycles. The molecule has 1 unspecified atom stereocenters. The minimum atomic E-state index is -0.130. The third-order valence-corrected chi connectivity index (χ3v) is 7.17. The summed E-state index contributed by atoms with van der Waals surface area (Å²) in [5, 5.41) is 4.11. The number of nitrogens with zero attached hydrogens (tertiary/aromatic N) is 2. The number of fused-ring (bicyclic) bond motifs is 3. The maximum atomic E-state index is 12.6. The second kappa shape index (κ2) is 8.20. The Kier molecular flexibility index (Phi) is 5.65. The number of aromatic amines is 1. The zero-order chi connectivity index (χ0) is 20.5. The quantitative estimate of drug-likeness (QED) is 0.476. The van der Waals surface area contributed by atoms with Crippen molar-refractivity contribution in [2.75, 3.05) is 30.1 Å². The first-order chi connectivity index (χ1) is 13.9. The number of carbonyl (C=O) groups excluding carboxylic acids is 1. The first-order valence-corrected chi connectivity index (χ1v) is 11.5. The van der Waals surface area contributed by atoms with Gasteiger partial charge in [-0.15, -0.1) is 11.3 Å². The smallest absolute Gasteiger partial charge is 0.260 e. The number of nitrogens with one attached hydrogen (secondary N) is 2. The van der Waals surface area contributed by atoms with Crippen LogP contribution in [0.15, 0.2) is 34.2 Å². The van der Waals surface area contributed by atoms with Crippen LogP contribution in [0.1, 0.15) is 23.8 Å². The topological polar surface area (TPSA) is 78.1 Å². The summed E-state index contributed by atoms with van der Waals surface area (Å²) in [4.78, 5) is 36.5. The number of anilines is 2. The maximum Gasteiger partial charge on any atom is 0.260 e. The van der Waals surface area contributed by atoms with Gasteiger partial charge < -0.3 is 15.2 Å². The SMILES string of the molecule is CC1CCc2c(sc3nc(SCC(=O)Nc4ccc(N(C)C)cc4)[nH]c(=O)c23)C1. The van der Waals surface area contributed by atoms with Gasteiger partial charge in [-0.1, -0.05) is 18.7 Å². The lowest BCUT2D eigenvalue weighted by Gasteiger charge is -2.17. The number of aromatic nitrogens is 2. The molecule has 0 saturated carbocycles. The molecule has 0 spiro atoms. The standard InChI is InChI=1S/C21H24N4O2S2/c1-12-4-9-15-16(10-12)29-20-18(15)19(27)23-21(24-20)28-11-17(26)22-13-5-7-14(8-6-13)25(2)3/h5-8,12H,4,9-11H2,1-3H3,(H,22,26)(H,23,24,27). The first kappa shape index (κ1) is 20.0. The molecule has 2 N–H and O–H groups in total. The number of thioether (sulfide) groups is 1. The van der Waals surface area contributed by atoms with Crippen LogP contribution in [0.2, 0.25) is 0 Å². The van der Waals surface area contributed by atoms with E-state index in [2.05, 4.69) is 22.2 Å². The van der Waals surface area contributed by atoms with Gasteiger partial charge in [0.1, 0.15) is 4.83 Å². The molecule has 0 radical (unpaired) electrons. The van der Waals surface area contributed by atoms with Crippen molar-refractivity contribution in [3.8, 4) is 0 Å². The van der Waals surface area contributed by atoms with Crippen molar-refractivity contribution in [1.82, 2.24) is 9.97 Å². The number of aryl methyl sites for hydroxylation is 1. The summed E-state index contributed by atoms with van der Waals surface area (Å²) in [6, 6.07) is 7.66. The normalized spacial score (nSPS) is 15.9. The molecule has 1 aromatic carbocycles. The Balaban J connectivity index is 1.44. The number of H-pyrrole nitrogens is 1. The van der Waals surface area contributed by atoms with Crippen molar-refractivity contribution in [1.29, 1.82) is 0 Å². The van der Waals surface area contributed by atoms with Crippen molar-refractivity contribution in [2.24, 2.45) is 5.92 Å². The zero-order valence-electron chi connectivity index (χ0n) is 16.7. The number of carbonyl (C=O) groups is 1. The average Bonchev–Trinajstić information content (AvgIpc) is 3.04. The van der Waals surface area contributed by atoms with Gasteiger partial charge >= 0.3 is 0 Å². The second-order valence-electron chi connectivity index (χ2n) is 7.68. The summed E-state index contributed by atoms with van der Waals surface area (Å²) in [5.41, 5.74) is 2.90. The van der Waals surface area contributed by atoms with E-state index in [1.165, 1.54) is 22.2 Å². The predicted octanol–water partition coefficient (Wildman–Crippen LogP) is 3.91. The van der Waals surface area contributed by atoms with Crippen LogP contribution < -0.4 is 15.8 Å².